The molecule has 0 aromatic heterocycles. The molecule has 2 nitrogen and oxygen atoms in total. The highest BCUT2D eigenvalue weighted by atomic mass is 19.1. The van der Waals surface area contributed by atoms with E-state index in [9.17, 15) is 9.18 Å². The van der Waals surface area contributed by atoms with Gasteiger partial charge in [0.15, 0.2) is 0 Å². The van der Waals surface area contributed by atoms with Crippen LogP contribution in [-0.2, 0) is 4.79 Å². The first kappa shape index (κ1) is 8.89. The van der Waals surface area contributed by atoms with Crippen LogP contribution in [0.1, 0.15) is 19.3 Å². The Kier molecular flexibility index (Phi) is 1.81. The molecule has 0 N–H and O–H groups in total. The van der Waals surface area contributed by atoms with Crippen molar-refractivity contribution in [1.29, 1.82) is 0 Å². The van der Waals surface area contributed by atoms with Gasteiger partial charge >= 0.3 is 0 Å². The van der Waals surface area contributed by atoms with E-state index in [1.807, 2.05) is 4.90 Å². The number of halogens is 1. The Morgan fingerprint density at radius 3 is 2.67 bits per heavy atom. The van der Waals surface area contributed by atoms with E-state index in [0.717, 1.165) is 24.9 Å². The number of β-lactam (4-membered cyclic amide) rings is 1. The van der Waals surface area contributed by atoms with E-state index in [4.69, 9.17) is 0 Å². The van der Waals surface area contributed by atoms with Crippen molar-refractivity contribution in [3.05, 3.63) is 30.1 Å². The van der Waals surface area contributed by atoms with Gasteiger partial charge in [0, 0.05) is 11.7 Å². The lowest BCUT2D eigenvalue weighted by molar-refractivity contribution is -0.128. The highest BCUT2D eigenvalue weighted by Gasteiger charge is 2.50. The van der Waals surface area contributed by atoms with E-state index < -0.39 is 0 Å². The summed E-state index contributed by atoms with van der Waals surface area (Å²) in [7, 11) is 0. The predicted octanol–water partition coefficient (Wildman–Crippen LogP) is 2.34. The Hall–Kier alpha value is -1.38. The van der Waals surface area contributed by atoms with Crippen LogP contribution in [0.4, 0.5) is 10.1 Å². The molecule has 1 heterocycles. The van der Waals surface area contributed by atoms with Crippen molar-refractivity contribution in [2.24, 2.45) is 5.92 Å². The number of nitrogens with zero attached hydrogens (tertiary/aromatic N) is 1. The maximum absolute atomic E-state index is 12.7. The third-order valence-corrected chi connectivity index (χ3v) is 3.47. The van der Waals surface area contributed by atoms with E-state index in [1.165, 1.54) is 12.1 Å². The van der Waals surface area contributed by atoms with Crippen LogP contribution < -0.4 is 4.90 Å². The first-order valence-corrected chi connectivity index (χ1v) is 5.36. The van der Waals surface area contributed by atoms with Crippen LogP contribution in [0.15, 0.2) is 24.3 Å². The van der Waals surface area contributed by atoms with Gasteiger partial charge in [0.2, 0.25) is 5.91 Å². The number of hydrogen-bond acceptors (Lipinski definition) is 1. The average molecular weight is 205 g/mol. The smallest absolute Gasteiger partial charge is 0.232 e. The summed E-state index contributed by atoms with van der Waals surface area (Å²) in [5, 5.41) is 0. The van der Waals surface area contributed by atoms with Gasteiger partial charge in [-0.15, -0.1) is 0 Å². The van der Waals surface area contributed by atoms with E-state index in [2.05, 4.69) is 0 Å². The molecule has 2 unspecified atom stereocenters. The molecule has 1 aliphatic heterocycles. The quantitative estimate of drug-likeness (QED) is 0.644. The third-order valence-electron chi connectivity index (χ3n) is 3.47. The lowest BCUT2D eigenvalue weighted by Crippen LogP contribution is -2.58. The highest BCUT2D eigenvalue weighted by Crippen LogP contribution is 2.42. The minimum Gasteiger partial charge on any atom is -0.308 e. The molecule has 1 aliphatic carbocycles. The summed E-state index contributed by atoms with van der Waals surface area (Å²) in [5.41, 5.74) is 0.838. The summed E-state index contributed by atoms with van der Waals surface area (Å²) in [6, 6.07) is 6.56. The Morgan fingerprint density at radius 2 is 1.93 bits per heavy atom. The summed E-state index contributed by atoms with van der Waals surface area (Å²) in [5.74, 6) is 0.203. The van der Waals surface area contributed by atoms with Crippen LogP contribution in [0.3, 0.4) is 0 Å². The first-order chi connectivity index (χ1) is 7.27. The molecule has 3 heteroatoms. The second-order valence-electron chi connectivity index (χ2n) is 4.29. The number of carbonyl (C=O) groups excluding carboxylic acids is 1. The van der Waals surface area contributed by atoms with Gasteiger partial charge in [-0.1, -0.05) is 6.42 Å². The van der Waals surface area contributed by atoms with Crippen molar-refractivity contribution in [2.45, 2.75) is 25.3 Å². The molecule has 78 valence electrons. The molecule has 1 amide bonds. The number of amides is 1. The van der Waals surface area contributed by atoms with Gasteiger partial charge in [-0.2, -0.15) is 0 Å². The molecule has 2 fully saturated rings. The minimum absolute atomic E-state index is 0.212. The number of benzene rings is 1. The van der Waals surface area contributed by atoms with Crippen LogP contribution in [-0.4, -0.2) is 11.9 Å². The topological polar surface area (TPSA) is 20.3 Å². The zero-order valence-electron chi connectivity index (χ0n) is 8.32. The van der Waals surface area contributed by atoms with E-state index >= 15 is 0 Å². The summed E-state index contributed by atoms with van der Waals surface area (Å²) in [6.45, 7) is 0. The van der Waals surface area contributed by atoms with Gasteiger partial charge in [0.05, 0.1) is 5.92 Å². The Morgan fingerprint density at radius 1 is 1.20 bits per heavy atom. The van der Waals surface area contributed by atoms with Crippen molar-refractivity contribution in [3.63, 3.8) is 0 Å². The summed E-state index contributed by atoms with van der Waals surface area (Å²) in [6.07, 6.45) is 3.26. The molecular formula is C12H12FNO. The third kappa shape index (κ3) is 1.19. The Balaban J connectivity index is 1.89. The first-order valence-electron chi connectivity index (χ1n) is 5.36. The molecule has 2 aliphatic rings. The molecule has 1 aromatic carbocycles. The van der Waals surface area contributed by atoms with E-state index in [1.54, 1.807) is 12.1 Å². The highest BCUT2D eigenvalue weighted by molar-refractivity contribution is 6.03. The van der Waals surface area contributed by atoms with Gasteiger partial charge in [-0.05, 0) is 37.1 Å². The van der Waals surface area contributed by atoms with Gasteiger partial charge in [0.1, 0.15) is 5.82 Å². The van der Waals surface area contributed by atoms with Crippen molar-refractivity contribution in [3.8, 4) is 0 Å². The normalized spacial score (nSPS) is 28.9. The molecule has 3 rings (SSSR count). The van der Waals surface area contributed by atoms with Crippen molar-refractivity contribution < 1.29 is 9.18 Å². The van der Waals surface area contributed by atoms with E-state index in [0.29, 0.717) is 6.04 Å². The van der Waals surface area contributed by atoms with Crippen LogP contribution in [0.25, 0.3) is 0 Å². The van der Waals surface area contributed by atoms with Crippen molar-refractivity contribution >= 4 is 11.6 Å². The zero-order chi connectivity index (χ0) is 10.4. The molecule has 15 heavy (non-hydrogen) atoms. The molecular weight excluding hydrogens is 193 g/mol. The maximum Gasteiger partial charge on any atom is 0.232 e. The van der Waals surface area contributed by atoms with Crippen molar-refractivity contribution in [2.75, 3.05) is 4.90 Å². The standard InChI is InChI=1S/C12H12FNO/c13-8-4-6-9(7-5-8)14-11-3-1-2-10(11)12(14)15/h4-7,10-11H,1-3H2. The fraction of sp³-hybridized carbons (Fsp3) is 0.417. The van der Waals surface area contributed by atoms with Crippen LogP contribution in [0.5, 0.6) is 0 Å². The predicted molar refractivity (Wildman–Crippen MR) is 55.0 cm³/mol. The Bertz CT molecular complexity index is 401. The molecule has 0 spiro atoms. The van der Waals surface area contributed by atoms with Gasteiger partial charge in [-0.3, -0.25) is 4.79 Å². The number of carbonyl (C=O) groups is 1. The second-order valence-corrected chi connectivity index (χ2v) is 4.29. The SMILES string of the molecule is O=C1C2CCCC2N1c1ccc(F)cc1. The summed E-state index contributed by atoms with van der Waals surface area (Å²) >= 11 is 0. The van der Waals surface area contributed by atoms with Crippen LogP contribution in [0, 0.1) is 11.7 Å². The van der Waals surface area contributed by atoms with Gasteiger partial charge in [0.25, 0.3) is 0 Å². The molecule has 0 radical (unpaired) electrons. The summed E-state index contributed by atoms with van der Waals surface area (Å²) in [4.78, 5) is 13.6. The van der Waals surface area contributed by atoms with Gasteiger partial charge < -0.3 is 4.90 Å². The average Bonchev–Trinajstić information content (AvgIpc) is 2.65. The number of rotatable bonds is 1. The molecule has 1 saturated carbocycles. The molecule has 2 atom stereocenters. The molecule has 0 bridgehead atoms. The number of fused-ring (bicyclic) bond motifs is 1. The van der Waals surface area contributed by atoms with Gasteiger partial charge in [-0.25, -0.2) is 4.39 Å². The van der Waals surface area contributed by atoms with E-state index in [-0.39, 0.29) is 17.6 Å². The lowest BCUT2D eigenvalue weighted by atomic mass is 9.90. The van der Waals surface area contributed by atoms with Crippen LogP contribution >= 0.6 is 0 Å². The molecule has 1 saturated heterocycles. The van der Waals surface area contributed by atoms with Crippen molar-refractivity contribution in [1.82, 2.24) is 0 Å². The van der Waals surface area contributed by atoms with Crippen LogP contribution in [0.2, 0.25) is 0 Å². The fourth-order valence-electron chi connectivity index (χ4n) is 2.72. The zero-order valence-corrected chi connectivity index (χ0v) is 8.32. The second kappa shape index (κ2) is 3.05. The largest absolute Gasteiger partial charge is 0.308 e. The monoisotopic (exact) mass is 205 g/mol. The minimum atomic E-state index is -0.255. The maximum atomic E-state index is 12.7. The Labute approximate surface area is 87.7 Å². The molecule has 1 aromatic rings. The number of hydrogen-bond donors (Lipinski definition) is 0. The summed E-state index contributed by atoms with van der Waals surface area (Å²) < 4.78 is 12.7. The number of anilines is 1. The lowest BCUT2D eigenvalue weighted by Gasteiger charge is -2.43. The fourth-order valence-corrected chi connectivity index (χ4v) is 2.72.